The molecule has 4 aromatic rings. The summed E-state index contributed by atoms with van der Waals surface area (Å²) in [5.74, 6) is 0. The number of ether oxygens (including phenoxy) is 4. The zero-order chi connectivity index (χ0) is 36.7. The maximum atomic E-state index is 7.50. The van der Waals surface area contributed by atoms with E-state index in [1.165, 1.54) is 10.4 Å². The minimum atomic E-state index is -2.90. The largest absolute Gasteiger partial charge is 0.408 e. The fourth-order valence-corrected chi connectivity index (χ4v) is 12.6. The molecule has 1 saturated heterocycles. The Bertz CT molecular complexity index is 1570. The number of hydrogen-bond acceptors (Lipinski definition) is 6. The maximum Gasteiger partial charge on any atom is 0.261 e. The van der Waals surface area contributed by atoms with Gasteiger partial charge in [-0.25, -0.2) is 0 Å². The van der Waals surface area contributed by atoms with Crippen molar-refractivity contribution in [2.24, 2.45) is 0 Å². The lowest BCUT2D eigenvalue weighted by molar-refractivity contribution is -0.310. The van der Waals surface area contributed by atoms with Crippen molar-refractivity contribution in [2.45, 2.75) is 109 Å². The minimum absolute atomic E-state index is 0.0567. The van der Waals surface area contributed by atoms with Crippen LogP contribution in [0.5, 0.6) is 0 Å². The van der Waals surface area contributed by atoms with Crippen LogP contribution in [0.3, 0.4) is 0 Å². The Kier molecular flexibility index (Phi) is 13.0. The predicted molar refractivity (Wildman–Crippen MR) is 211 cm³/mol. The summed E-state index contributed by atoms with van der Waals surface area (Å²) in [5, 5.41) is 2.17. The van der Waals surface area contributed by atoms with Gasteiger partial charge in [-0.1, -0.05) is 163 Å². The molecule has 0 aliphatic carbocycles. The summed E-state index contributed by atoms with van der Waals surface area (Å²) in [6.07, 6.45) is -2.75. The first-order chi connectivity index (χ1) is 24.3. The molecule has 5 atom stereocenters. The molecule has 0 bridgehead atoms. The molecule has 5 rings (SSSR count). The molecule has 0 amide bonds. The number of rotatable bonds is 14. The Hall–Kier alpha value is -2.93. The quantitative estimate of drug-likeness (QED) is 0.122. The van der Waals surface area contributed by atoms with Crippen LogP contribution in [0.15, 0.2) is 121 Å². The van der Waals surface area contributed by atoms with Crippen molar-refractivity contribution in [2.75, 3.05) is 13.7 Å². The Morgan fingerprint density at radius 3 is 1.41 bits per heavy atom. The third-order valence-corrected chi connectivity index (χ3v) is 20.0. The molecule has 0 N–H and O–H groups in total. The van der Waals surface area contributed by atoms with Crippen LogP contribution < -0.4 is 10.4 Å². The Balaban J connectivity index is 1.58. The lowest BCUT2D eigenvalue weighted by atomic mass is 9.98. The van der Waals surface area contributed by atoms with Crippen molar-refractivity contribution in [3.05, 3.63) is 132 Å². The van der Waals surface area contributed by atoms with Crippen LogP contribution in [0.1, 0.15) is 52.7 Å². The Morgan fingerprint density at radius 2 is 1.00 bits per heavy atom. The molecular formula is C43H58O6Si2. The van der Waals surface area contributed by atoms with Gasteiger partial charge in [0.15, 0.2) is 14.6 Å². The van der Waals surface area contributed by atoms with Crippen molar-refractivity contribution in [1.82, 2.24) is 0 Å². The first-order valence-electron chi connectivity index (χ1n) is 18.2. The van der Waals surface area contributed by atoms with E-state index < -0.39 is 47.3 Å². The molecule has 0 saturated carbocycles. The van der Waals surface area contributed by atoms with E-state index in [-0.39, 0.29) is 10.1 Å². The van der Waals surface area contributed by atoms with Crippen LogP contribution in [0, 0.1) is 0 Å². The molecule has 1 aliphatic rings. The molecule has 1 heterocycles. The molecule has 274 valence electrons. The van der Waals surface area contributed by atoms with Gasteiger partial charge in [-0.05, 0) is 44.7 Å². The maximum absolute atomic E-state index is 7.50. The summed E-state index contributed by atoms with van der Waals surface area (Å²) >= 11 is 0. The topological polar surface area (TPSA) is 55.4 Å². The molecule has 51 heavy (non-hydrogen) atoms. The summed E-state index contributed by atoms with van der Waals surface area (Å²) in [6.45, 7) is 19.3. The summed E-state index contributed by atoms with van der Waals surface area (Å²) < 4.78 is 41.6. The predicted octanol–water partition coefficient (Wildman–Crippen LogP) is 8.50. The van der Waals surface area contributed by atoms with E-state index in [4.69, 9.17) is 27.8 Å². The molecule has 0 unspecified atom stereocenters. The van der Waals surface area contributed by atoms with Gasteiger partial charge in [-0.3, -0.25) is 0 Å². The fourth-order valence-electron chi connectivity index (χ4n) is 6.73. The first-order valence-corrected chi connectivity index (χ1v) is 23.0. The van der Waals surface area contributed by atoms with Crippen LogP contribution in [0.25, 0.3) is 0 Å². The Morgan fingerprint density at radius 1 is 0.569 bits per heavy atom. The van der Waals surface area contributed by atoms with E-state index in [9.17, 15) is 0 Å². The van der Waals surface area contributed by atoms with E-state index in [1.54, 1.807) is 7.11 Å². The van der Waals surface area contributed by atoms with Gasteiger partial charge in [-0.2, -0.15) is 0 Å². The van der Waals surface area contributed by atoms with Crippen molar-refractivity contribution >= 4 is 27.0 Å². The summed E-state index contributed by atoms with van der Waals surface area (Å²) in [6, 6.07) is 41.9. The van der Waals surface area contributed by atoms with Gasteiger partial charge in [0.2, 0.25) is 0 Å². The monoisotopic (exact) mass is 726 g/mol. The summed E-state index contributed by atoms with van der Waals surface area (Å²) in [5.41, 5.74) is 2.14. The van der Waals surface area contributed by atoms with Crippen LogP contribution in [0.2, 0.25) is 23.2 Å². The molecule has 8 heteroatoms. The van der Waals surface area contributed by atoms with E-state index in [2.05, 4.69) is 140 Å². The van der Waals surface area contributed by atoms with Gasteiger partial charge < -0.3 is 27.8 Å². The van der Waals surface area contributed by atoms with Gasteiger partial charge in [-0.15, -0.1) is 0 Å². The first kappa shape index (κ1) is 39.3. The van der Waals surface area contributed by atoms with Crippen LogP contribution in [-0.2, 0) is 41.0 Å². The summed E-state index contributed by atoms with van der Waals surface area (Å²) in [7, 11) is -3.60. The molecular weight excluding hydrogens is 669 g/mol. The standard InChI is InChI=1S/C43H58O6Si2/c1-42(2,3)50(8,9)49-38-37(32-47-51(43(4,5)6,35-26-18-12-19-27-35)36-28-20-13-21-29-36)48-41(44-7)40(46-31-34-24-16-11-17-25-34)39(38)45-30-33-22-14-10-15-23-33/h10-29,37-41H,30-32H2,1-9H3/t37-,38-,39+,40-,41+/m1/s1. The number of hydrogen-bond donors (Lipinski definition) is 0. The normalized spacial score (nSPS) is 21.8. The molecule has 6 nitrogen and oxygen atoms in total. The van der Waals surface area contributed by atoms with E-state index in [1.807, 2.05) is 36.4 Å². The third-order valence-electron chi connectivity index (χ3n) is 10.5. The number of benzene rings is 4. The molecule has 0 aromatic heterocycles. The van der Waals surface area contributed by atoms with Crippen LogP contribution in [0.4, 0.5) is 0 Å². The van der Waals surface area contributed by atoms with Crippen LogP contribution in [-0.4, -0.2) is 61.1 Å². The molecule has 1 fully saturated rings. The average molecular weight is 727 g/mol. The SMILES string of the molecule is CO[C@H]1O[C@H](CO[Si](c2ccccc2)(c2ccccc2)C(C)(C)C)[C@@H](O[Si](C)(C)C(C)(C)C)[C@H](OCc2ccccc2)[C@H]1OCc1ccccc1. The highest BCUT2D eigenvalue weighted by molar-refractivity contribution is 6.99. The molecule has 4 aromatic carbocycles. The van der Waals surface area contributed by atoms with Crippen LogP contribution >= 0.6 is 0 Å². The zero-order valence-electron chi connectivity index (χ0n) is 32.0. The average Bonchev–Trinajstić information content (AvgIpc) is 3.11. The van der Waals surface area contributed by atoms with E-state index >= 15 is 0 Å². The molecule has 1 aliphatic heterocycles. The van der Waals surface area contributed by atoms with Crippen molar-refractivity contribution < 1.29 is 27.8 Å². The van der Waals surface area contributed by atoms with Gasteiger partial charge >= 0.3 is 0 Å². The van der Waals surface area contributed by atoms with Gasteiger partial charge in [0.05, 0.1) is 19.8 Å². The highest BCUT2D eigenvalue weighted by atomic mass is 28.4. The lowest BCUT2D eigenvalue weighted by Crippen LogP contribution is -2.69. The second-order valence-electron chi connectivity index (χ2n) is 16.1. The van der Waals surface area contributed by atoms with Crippen molar-refractivity contribution in [3.8, 4) is 0 Å². The van der Waals surface area contributed by atoms with E-state index in [0.29, 0.717) is 19.8 Å². The van der Waals surface area contributed by atoms with Gasteiger partial charge in [0.25, 0.3) is 8.32 Å². The van der Waals surface area contributed by atoms with Crippen molar-refractivity contribution in [1.29, 1.82) is 0 Å². The van der Waals surface area contributed by atoms with Gasteiger partial charge in [0, 0.05) is 7.11 Å². The second kappa shape index (κ2) is 16.8. The highest BCUT2D eigenvalue weighted by Crippen LogP contribution is 2.42. The van der Waals surface area contributed by atoms with Gasteiger partial charge in [0.1, 0.15) is 24.4 Å². The fraction of sp³-hybridized carbons (Fsp3) is 0.442. The lowest BCUT2D eigenvalue weighted by Gasteiger charge is -2.51. The zero-order valence-corrected chi connectivity index (χ0v) is 34.0. The molecule has 0 spiro atoms. The second-order valence-corrected chi connectivity index (χ2v) is 25.2. The molecule has 0 radical (unpaired) electrons. The smallest absolute Gasteiger partial charge is 0.261 e. The summed E-state index contributed by atoms with van der Waals surface area (Å²) in [4.78, 5) is 0. The Labute approximate surface area is 308 Å². The number of methoxy groups -OCH3 is 1. The van der Waals surface area contributed by atoms with Crippen molar-refractivity contribution in [3.63, 3.8) is 0 Å². The highest BCUT2D eigenvalue weighted by Gasteiger charge is 2.55. The third kappa shape index (κ3) is 9.18. The van der Waals surface area contributed by atoms with E-state index in [0.717, 1.165) is 11.1 Å². The minimum Gasteiger partial charge on any atom is -0.408 e.